The summed E-state index contributed by atoms with van der Waals surface area (Å²) in [7, 11) is 1.63. The lowest BCUT2D eigenvalue weighted by atomic mass is 10.2. The normalized spacial score (nSPS) is 18.8. The van der Waals surface area contributed by atoms with E-state index >= 15 is 0 Å². The standard InChI is InChI=1S/C15H30N2O4/c1-15(2,3)21-14(18)17(9-11-19-4)8-7-16-12-13-6-5-10-20-13/h13,16H,5-12H2,1-4H3. The Morgan fingerprint density at radius 1 is 1.38 bits per heavy atom. The van der Waals surface area contributed by atoms with Gasteiger partial charge >= 0.3 is 6.09 Å². The zero-order chi connectivity index (χ0) is 15.7. The third kappa shape index (κ3) is 8.24. The Labute approximate surface area is 128 Å². The molecule has 0 aliphatic carbocycles. The molecule has 1 atom stereocenters. The van der Waals surface area contributed by atoms with Crippen LogP contribution in [-0.4, -0.2) is 69.2 Å². The summed E-state index contributed by atoms with van der Waals surface area (Å²) < 4.78 is 16.0. The number of methoxy groups -OCH3 is 1. The summed E-state index contributed by atoms with van der Waals surface area (Å²) >= 11 is 0. The second-order valence-corrected chi connectivity index (χ2v) is 6.30. The first-order chi connectivity index (χ1) is 9.92. The number of hydrogen-bond acceptors (Lipinski definition) is 5. The zero-order valence-electron chi connectivity index (χ0n) is 13.8. The Balaban J connectivity index is 2.29. The fourth-order valence-electron chi connectivity index (χ4n) is 2.10. The minimum atomic E-state index is -0.479. The third-order valence-corrected chi connectivity index (χ3v) is 3.17. The SMILES string of the molecule is COCCN(CCNCC1CCCO1)C(=O)OC(C)(C)C. The molecule has 21 heavy (non-hydrogen) atoms. The van der Waals surface area contributed by atoms with Gasteiger partial charge in [-0.3, -0.25) is 0 Å². The van der Waals surface area contributed by atoms with Crippen LogP contribution in [0.5, 0.6) is 0 Å². The molecule has 0 spiro atoms. The van der Waals surface area contributed by atoms with E-state index in [-0.39, 0.29) is 6.09 Å². The molecule has 1 saturated heterocycles. The Bertz CT molecular complexity index is 299. The second kappa shape index (κ2) is 9.23. The molecule has 1 amide bonds. The largest absolute Gasteiger partial charge is 0.444 e. The predicted molar refractivity (Wildman–Crippen MR) is 81.5 cm³/mol. The molecule has 0 aromatic carbocycles. The van der Waals surface area contributed by atoms with Crippen LogP contribution in [0.4, 0.5) is 4.79 Å². The molecule has 6 heteroatoms. The topological polar surface area (TPSA) is 60.0 Å². The number of carbonyl (C=O) groups excluding carboxylic acids is 1. The molecule has 0 radical (unpaired) electrons. The second-order valence-electron chi connectivity index (χ2n) is 6.30. The molecule has 1 aliphatic rings. The van der Waals surface area contributed by atoms with Crippen molar-refractivity contribution < 1.29 is 19.0 Å². The Hall–Kier alpha value is -0.850. The molecule has 0 aromatic heterocycles. The van der Waals surface area contributed by atoms with Crippen molar-refractivity contribution in [3.8, 4) is 0 Å². The van der Waals surface area contributed by atoms with Crippen LogP contribution in [0.25, 0.3) is 0 Å². The number of hydrogen-bond donors (Lipinski definition) is 1. The molecule has 1 fully saturated rings. The molecular weight excluding hydrogens is 272 g/mol. The number of nitrogens with one attached hydrogen (secondary N) is 1. The van der Waals surface area contributed by atoms with Crippen LogP contribution in [0.2, 0.25) is 0 Å². The van der Waals surface area contributed by atoms with Crippen molar-refractivity contribution in [2.24, 2.45) is 0 Å². The van der Waals surface area contributed by atoms with Crippen LogP contribution in [0.3, 0.4) is 0 Å². The van der Waals surface area contributed by atoms with Crippen molar-refractivity contribution in [3.05, 3.63) is 0 Å². The van der Waals surface area contributed by atoms with E-state index in [0.29, 0.717) is 25.8 Å². The molecule has 0 aromatic rings. The van der Waals surface area contributed by atoms with Gasteiger partial charge in [-0.2, -0.15) is 0 Å². The Morgan fingerprint density at radius 3 is 2.71 bits per heavy atom. The van der Waals surface area contributed by atoms with Gasteiger partial charge < -0.3 is 24.4 Å². The molecular formula is C15H30N2O4. The number of nitrogens with zero attached hydrogens (tertiary/aromatic N) is 1. The van der Waals surface area contributed by atoms with Gasteiger partial charge in [0.05, 0.1) is 12.7 Å². The van der Waals surface area contributed by atoms with Crippen LogP contribution in [0.1, 0.15) is 33.6 Å². The maximum absolute atomic E-state index is 12.1. The summed E-state index contributed by atoms with van der Waals surface area (Å²) in [5.41, 5.74) is -0.479. The summed E-state index contributed by atoms with van der Waals surface area (Å²) in [4.78, 5) is 13.8. The number of carbonyl (C=O) groups is 1. The number of rotatable bonds is 8. The molecule has 124 valence electrons. The van der Waals surface area contributed by atoms with Gasteiger partial charge in [0.25, 0.3) is 0 Å². The van der Waals surface area contributed by atoms with Crippen LogP contribution in [0.15, 0.2) is 0 Å². The van der Waals surface area contributed by atoms with Gasteiger partial charge in [-0.15, -0.1) is 0 Å². The molecule has 1 aliphatic heterocycles. The van der Waals surface area contributed by atoms with Gasteiger partial charge in [-0.1, -0.05) is 0 Å². The van der Waals surface area contributed by atoms with Gasteiger partial charge in [0.1, 0.15) is 5.60 Å². The lowest BCUT2D eigenvalue weighted by Crippen LogP contribution is -2.42. The summed E-state index contributed by atoms with van der Waals surface area (Å²) in [6, 6.07) is 0. The molecule has 1 unspecified atom stereocenters. The van der Waals surface area contributed by atoms with E-state index in [2.05, 4.69) is 5.32 Å². The maximum atomic E-state index is 12.1. The summed E-state index contributed by atoms with van der Waals surface area (Å²) in [5.74, 6) is 0. The minimum absolute atomic E-state index is 0.293. The average Bonchev–Trinajstić information content (AvgIpc) is 2.88. The van der Waals surface area contributed by atoms with Crippen molar-refractivity contribution in [1.29, 1.82) is 0 Å². The summed E-state index contributed by atoms with van der Waals surface area (Å²) in [6.07, 6.45) is 2.29. The van der Waals surface area contributed by atoms with E-state index in [4.69, 9.17) is 14.2 Å². The molecule has 1 rings (SSSR count). The van der Waals surface area contributed by atoms with Crippen molar-refractivity contribution in [2.75, 3.05) is 46.5 Å². The van der Waals surface area contributed by atoms with Gasteiger partial charge in [-0.05, 0) is 33.6 Å². The highest BCUT2D eigenvalue weighted by Crippen LogP contribution is 2.11. The lowest BCUT2D eigenvalue weighted by molar-refractivity contribution is 0.0202. The fourth-order valence-corrected chi connectivity index (χ4v) is 2.10. The minimum Gasteiger partial charge on any atom is -0.444 e. The zero-order valence-corrected chi connectivity index (χ0v) is 13.8. The third-order valence-electron chi connectivity index (χ3n) is 3.17. The molecule has 1 heterocycles. The summed E-state index contributed by atoms with van der Waals surface area (Å²) in [5, 5.41) is 3.34. The predicted octanol–water partition coefficient (Wildman–Crippen LogP) is 1.64. The average molecular weight is 302 g/mol. The lowest BCUT2D eigenvalue weighted by Gasteiger charge is -2.27. The van der Waals surface area contributed by atoms with Crippen molar-refractivity contribution in [3.63, 3.8) is 0 Å². The highest BCUT2D eigenvalue weighted by molar-refractivity contribution is 5.68. The van der Waals surface area contributed by atoms with Gasteiger partial charge in [0, 0.05) is 39.9 Å². The smallest absolute Gasteiger partial charge is 0.410 e. The van der Waals surface area contributed by atoms with Crippen LogP contribution >= 0.6 is 0 Å². The monoisotopic (exact) mass is 302 g/mol. The molecule has 1 N–H and O–H groups in total. The Kier molecular flexibility index (Phi) is 8.00. The van der Waals surface area contributed by atoms with E-state index in [9.17, 15) is 4.79 Å². The van der Waals surface area contributed by atoms with Crippen LogP contribution in [0, 0.1) is 0 Å². The number of amides is 1. The molecule has 6 nitrogen and oxygen atoms in total. The van der Waals surface area contributed by atoms with Gasteiger partial charge in [0.15, 0.2) is 0 Å². The van der Waals surface area contributed by atoms with E-state index in [1.54, 1.807) is 12.0 Å². The Morgan fingerprint density at radius 2 is 2.14 bits per heavy atom. The molecule has 0 saturated carbocycles. The van der Waals surface area contributed by atoms with E-state index in [1.807, 2.05) is 20.8 Å². The molecule has 0 bridgehead atoms. The van der Waals surface area contributed by atoms with Crippen LogP contribution < -0.4 is 5.32 Å². The highest BCUT2D eigenvalue weighted by Gasteiger charge is 2.22. The maximum Gasteiger partial charge on any atom is 0.410 e. The summed E-state index contributed by atoms with van der Waals surface area (Å²) in [6.45, 7) is 9.68. The van der Waals surface area contributed by atoms with Crippen molar-refractivity contribution in [1.82, 2.24) is 10.2 Å². The van der Waals surface area contributed by atoms with E-state index < -0.39 is 5.60 Å². The van der Waals surface area contributed by atoms with Crippen LogP contribution in [-0.2, 0) is 14.2 Å². The number of ether oxygens (including phenoxy) is 3. The van der Waals surface area contributed by atoms with Crippen molar-refractivity contribution in [2.45, 2.75) is 45.3 Å². The van der Waals surface area contributed by atoms with E-state index in [0.717, 1.165) is 32.5 Å². The first kappa shape index (κ1) is 18.2. The highest BCUT2D eigenvalue weighted by atomic mass is 16.6. The first-order valence-electron chi connectivity index (χ1n) is 7.71. The van der Waals surface area contributed by atoms with Gasteiger partial charge in [0.2, 0.25) is 0 Å². The quantitative estimate of drug-likeness (QED) is 0.691. The van der Waals surface area contributed by atoms with E-state index in [1.165, 1.54) is 0 Å². The fraction of sp³-hybridized carbons (Fsp3) is 0.933. The first-order valence-corrected chi connectivity index (χ1v) is 7.71. The van der Waals surface area contributed by atoms with Gasteiger partial charge in [-0.25, -0.2) is 4.79 Å². The van der Waals surface area contributed by atoms with Crippen molar-refractivity contribution >= 4 is 6.09 Å².